The molecule has 62 valence electrons. The lowest BCUT2D eigenvalue weighted by Crippen LogP contribution is -2.16. The number of aliphatic imine (C=N–C) groups is 1. The Morgan fingerprint density at radius 2 is 2.18 bits per heavy atom. The summed E-state index contributed by atoms with van der Waals surface area (Å²) in [5.41, 5.74) is 0.997. The Kier molecular flexibility index (Phi) is 3.66. The highest BCUT2D eigenvalue weighted by Crippen LogP contribution is 2.23. The zero-order valence-corrected chi connectivity index (χ0v) is 7.39. The van der Waals surface area contributed by atoms with Gasteiger partial charge in [0.25, 0.3) is 0 Å². The van der Waals surface area contributed by atoms with Gasteiger partial charge in [-0.3, -0.25) is 4.99 Å². The van der Waals surface area contributed by atoms with Gasteiger partial charge in [-0.2, -0.15) is 0 Å². The quantitative estimate of drug-likeness (QED) is 0.497. The molecule has 3 heteroatoms. The fourth-order valence-electron chi connectivity index (χ4n) is 1.27. The summed E-state index contributed by atoms with van der Waals surface area (Å²) in [5.74, 6) is 0.513. The molecule has 11 heavy (non-hydrogen) atoms. The molecule has 1 aliphatic rings. The van der Waals surface area contributed by atoms with Crippen molar-refractivity contribution in [2.45, 2.75) is 12.8 Å². The molecule has 1 rings (SSSR count). The molecule has 0 aromatic rings. The third-order valence-corrected chi connectivity index (χ3v) is 2.22. The Hall–Kier alpha value is -0.280. The molecule has 0 atom stereocenters. The van der Waals surface area contributed by atoms with Crippen molar-refractivity contribution in [3.63, 3.8) is 0 Å². The summed E-state index contributed by atoms with van der Waals surface area (Å²) in [6.07, 6.45) is 2.09. The standard InChI is InChI=1S/C8H13NOS/c1-9-8(6-11)7-2-4-10-5-3-7/h6-7,11H,1-5H2/b8-6-. The van der Waals surface area contributed by atoms with Gasteiger partial charge >= 0.3 is 0 Å². The SMILES string of the molecule is C=N/C(=C\S)C1CCOCC1. The lowest BCUT2D eigenvalue weighted by Gasteiger charge is -2.21. The van der Waals surface area contributed by atoms with Crippen molar-refractivity contribution in [2.75, 3.05) is 13.2 Å². The van der Waals surface area contributed by atoms with E-state index in [-0.39, 0.29) is 0 Å². The molecule has 0 saturated carbocycles. The van der Waals surface area contributed by atoms with Gasteiger partial charge in [-0.05, 0) is 25.0 Å². The number of thiol groups is 1. The van der Waals surface area contributed by atoms with Crippen LogP contribution in [0.3, 0.4) is 0 Å². The highest BCUT2D eigenvalue weighted by molar-refractivity contribution is 7.83. The molecule has 0 bridgehead atoms. The number of hydrogen-bond acceptors (Lipinski definition) is 3. The van der Waals surface area contributed by atoms with Crippen LogP contribution in [0.5, 0.6) is 0 Å². The van der Waals surface area contributed by atoms with Crippen LogP contribution < -0.4 is 0 Å². The van der Waals surface area contributed by atoms with Crippen molar-refractivity contribution in [3.8, 4) is 0 Å². The number of allylic oxidation sites excluding steroid dienone is 1. The van der Waals surface area contributed by atoms with Crippen molar-refractivity contribution in [1.82, 2.24) is 0 Å². The van der Waals surface area contributed by atoms with Gasteiger partial charge in [0.05, 0.1) is 0 Å². The van der Waals surface area contributed by atoms with Crippen LogP contribution in [0, 0.1) is 5.92 Å². The zero-order chi connectivity index (χ0) is 8.10. The van der Waals surface area contributed by atoms with E-state index in [1.807, 2.05) is 0 Å². The molecule has 0 radical (unpaired) electrons. The summed E-state index contributed by atoms with van der Waals surface area (Å²) in [5, 5.41) is 1.74. The third-order valence-electron chi connectivity index (χ3n) is 1.95. The summed E-state index contributed by atoms with van der Waals surface area (Å²) in [7, 11) is 0. The first-order valence-electron chi connectivity index (χ1n) is 3.77. The topological polar surface area (TPSA) is 21.6 Å². The molecular weight excluding hydrogens is 158 g/mol. The number of hydrogen-bond donors (Lipinski definition) is 1. The van der Waals surface area contributed by atoms with Crippen molar-refractivity contribution in [1.29, 1.82) is 0 Å². The largest absolute Gasteiger partial charge is 0.381 e. The van der Waals surface area contributed by atoms with Crippen LogP contribution in [-0.4, -0.2) is 19.9 Å². The summed E-state index contributed by atoms with van der Waals surface area (Å²) in [6.45, 7) is 5.18. The molecule has 1 aliphatic heterocycles. The minimum absolute atomic E-state index is 0.513. The molecule has 1 saturated heterocycles. The second-order valence-electron chi connectivity index (χ2n) is 2.60. The van der Waals surface area contributed by atoms with Crippen LogP contribution in [0.1, 0.15) is 12.8 Å². The predicted octanol–water partition coefficient (Wildman–Crippen LogP) is 1.88. The first kappa shape index (κ1) is 8.81. The van der Waals surface area contributed by atoms with Gasteiger partial charge in [0.2, 0.25) is 0 Å². The van der Waals surface area contributed by atoms with Crippen LogP contribution in [-0.2, 0) is 4.74 Å². The van der Waals surface area contributed by atoms with Gasteiger partial charge in [0.1, 0.15) is 0 Å². The van der Waals surface area contributed by atoms with E-state index in [2.05, 4.69) is 24.3 Å². The molecule has 0 amide bonds. The van der Waals surface area contributed by atoms with Crippen molar-refractivity contribution < 1.29 is 4.74 Å². The number of rotatable bonds is 2. The van der Waals surface area contributed by atoms with Crippen LogP contribution in [0.15, 0.2) is 16.1 Å². The fourth-order valence-corrected chi connectivity index (χ4v) is 1.56. The van der Waals surface area contributed by atoms with E-state index in [1.54, 1.807) is 5.41 Å². The van der Waals surface area contributed by atoms with E-state index in [0.29, 0.717) is 5.92 Å². The molecule has 0 N–H and O–H groups in total. The summed E-state index contributed by atoms with van der Waals surface area (Å²) >= 11 is 4.07. The first-order chi connectivity index (χ1) is 5.38. The van der Waals surface area contributed by atoms with Gasteiger partial charge in [0.15, 0.2) is 0 Å². The number of nitrogens with zero attached hydrogens (tertiary/aromatic N) is 1. The van der Waals surface area contributed by atoms with Crippen LogP contribution in [0.25, 0.3) is 0 Å². The maximum Gasteiger partial charge on any atom is 0.0489 e. The Morgan fingerprint density at radius 1 is 1.55 bits per heavy atom. The smallest absolute Gasteiger partial charge is 0.0489 e. The zero-order valence-electron chi connectivity index (χ0n) is 6.49. The van der Waals surface area contributed by atoms with E-state index in [4.69, 9.17) is 4.74 Å². The minimum atomic E-state index is 0.513. The molecule has 0 aromatic carbocycles. The molecule has 1 fully saturated rings. The summed E-state index contributed by atoms with van der Waals surface area (Å²) < 4.78 is 5.22. The fraction of sp³-hybridized carbons (Fsp3) is 0.625. The van der Waals surface area contributed by atoms with Crippen LogP contribution >= 0.6 is 12.6 Å². The summed E-state index contributed by atoms with van der Waals surface area (Å²) in [4.78, 5) is 3.91. The normalized spacial score (nSPS) is 21.7. The molecule has 0 aliphatic carbocycles. The lowest BCUT2D eigenvalue weighted by atomic mass is 9.98. The molecule has 1 heterocycles. The third kappa shape index (κ3) is 2.34. The second kappa shape index (κ2) is 4.57. The highest BCUT2D eigenvalue weighted by atomic mass is 32.1. The Bertz CT molecular complexity index is 161. The van der Waals surface area contributed by atoms with E-state index in [0.717, 1.165) is 31.8 Å². The maximum atomic E-state index is 5.22. The van der Waals surface area contributed by atoms with E-state index >= 15 is 0 Å². The second-order valence-corrected chi connectivity index (χ2v) is 2.86. The molecule has 2 nitrogen and oxygen atoms in total. The average Bonchev–Trinajstić information content (AvgIpc) is 2.09. The Morgan fingerprint density at radius 3 is 2.64 bits per heavy atom. The molecular formula is C8H13NOS. The van der Waals surface area contributed by atoms with Gasteiger partial charge < -0.3 is 4.74 Å². The Labute approximate surface area is 72.8 Å². The van der Waals surface area contributed by atoms with Crippen LogP contribution in [0.2, 0.25) is 0 Å². The van der Waals surface area contributed by atoms with E-state index in [9.17, 15) is 0 Å². The molecule has 0 unspecified atom stereocenters. The van der Waals surface area contributed by atoms with Crippen molar-refractivity contribution in [3.05, 3.63) is 11.1 Å². The van der Waals surface area contributed by atoms with Gasteiger partial charge in [-0.1, -0.05) is 0 Å². The van der Waals surface area contributed by atoms with Crippen molar-refractivity contribution in [2.24, 2.45) is 10.9 Å². The number of ether oxygens (including phenoxy) is 1. The maximum absolute atomic E-state index is 5.22. The minimum Gasteiger partial charge on any atom is -0.381 e. The lowest BCUT2D eigenvalue weighted by molar-refractivity contribution is 0.0756. The monoisotopic (exact) mass is 171 g/mol. The molecule has 0 aromatic heterocycles. The predicted molar refractivity (Wildman–Crippen MR) is 50.2 cm³/mol. The highest BCUT2D eigenvalue weighted by Gasteiger charge is 2.16. The summed E-state index contributed by atoms with van der Waals surface area (Å²) in [6, 6.07) is 0. The van der Waals surface area contributed by atoms with E-state index in [1.165, 1.54) is 0 Å². The van der Waals surface area contributed by atoms with Gasteiger partial charge in [0, 0.05) is 24.8 Å². The Balaban J connectivity index is 2.49. The average molecular weight is 171 g/mol. The molecule has 0 spiro atoms. The van der Waals surface area contributed by atoms with Gasteiger partial charge in [-0.25, -0.2) is 0 Å². The first-order valence-corrected chi connectivity index (χ1v) is 4.29. The van der Waals surface area contributed by atoms with E-state index < -0.39 is 0 Å². The van der Waals surface area contributed by atoms with Crippen LogP contribution in [0.4, 0.5) is 0 Å². The van der Waals surface area contributed by atoms with Crippen molar-refractivity contribution >= 4 is 19.3 Å². The van der Waals surface area contributed by atoms with Gasteiger partial charge in [-0.15, -0.1) is 12.6 Å².